The van der Waals surface area contributed by atoms with Crippen molar-refractivity contribution in [2.24, 2.45) is 5.73 Å². The van der Waals surface area contributed by atoms with Gasteiger partial charge in [-0.25, -0.2) is 0 Å². The lowest BCUT2D eigenvalue weighted by molar-refractivity contribution is -0.142. The Balaban J connectivity index is 2.41. The van der Waals surface area contributed by atoms with Crippen molar-refractivity contribution in [2.75, 3.05) is 20.8 Å². The topological polar surface area (TPSA) is 61.5 Å². The molecule has 1 atom stereocenters. The highest BCUT2D eigenvalue weighted by atomic mass is 16.5. The van der Waals surface area contributed by atoms with Gasteiger partial charge in [-0.1, -0.05) is 6.07 Å². The third kappa shape index (κ3) is 2.59. The summed E-state index contributed by atoms with van der Waals surface area (Å²) in [4.78, 5) is 11.7. The van der Waals surface area contributed by atoms with Gasteiger partial charge in [-0.15, -0.1) is 0 Å². The van der Waals surface area contributed by atoms with Gasteiger partial charge in [0.25, 0.3) is 0 Å². The highest BCUT2D eigenvalue weighted by Gasteiger charge is 2.37. The maximum Gasteiger partial charge on any atom is 0.306 e. The molecule has 0 heterocycles. The van der Waals surface area contributed by atoms with Crippen molar-refractivity contribution < 1.29 is 14.3 Å². The molecule has 19 heavy (non-hydrogen) atoms. The van der Waals surface area contributed by atoms with E-state index >= 15 is 0 Å². The van der Waals surface area contributed by atoms with Crippen LogP contribution in [0.4, 0.5) is 0 Å². The van der Waals surface area contributed by atoms with Crippen LogP contribution in [-0.2, 0) is 21.4 Å². The molecular weight excluding hydrogens is 242 g/mol. The lowest BCUT2D eigenvalue weighted by Crippen LogP contribution is -2.40. The monoisotopic (exact) mass is 263 g/mol. The largest absolute Gasteiger partial charge is 0.497 e. The van der Waals surface area contributed by atoms with Gasteiger partial charge in [-0.05, 0) is 42.5 Å². The van der Waals surface area contributed by atoms with Crippen molar-refractivity contribution in [2.45, 2.75) is 31.1 Å². The molecule has 104 valence electrons. The number of rotatable bonds is 4. The summed E-state index contributed by atoms with van der Waals surface area (Å²) in [5.41, 5.74) is 8.11. The van der Waals surface area contributed by atoms with E-state index in [1.165, 1.54) is 18.2 Å². The Bertz CT molecular complexity index is 472. The lowest BCUT2D eigenvalue weighted by atomic mass is 9.68. The van der Waals surface area contributed by atoms with Crippen molar-refractivity contribution in [3.63, 3.8) is 0 Å². The Morgan fingerprint density at radius 2 is 2.21 bits per heavy atom. The van der Waals surface area contributed by atoms with Gasteiger partial charge in [-0.2, -0.15) is 0 Å². The Morgan fingerprint density at radius 3 is 2.84 bits per heavy atom. The number of benzene rings is 1. The van der Waals surface area contributed by atoms with Crippen molar-refractivity contribution in [3.05, 3.63) is 29.3 Å². The van der Waals surface area contributed by atoms with E-state index in [0.29, 0.717) is 13.0 Å². The smallest absolute Gasteiger partial charge is 0.306 e. The Kier molecular flexibility index (Phi) is 4.10. The molecule has 4 heteroatoms. The maximum absolute atomic E-state index is 11.7. The Morgan fingerprint density at radius 1 is 1.42 bits per heavy atom. The van der Waals surface area contributed by atoms with Gasteiger partial charge < -0.3 is 15.2 Å². The fraction of sp³-hybridized carbons (Fsp3) is 0.533. The SMILES string of the molecule is COC(=O)CC1(CN)CCCc2cc(OC)ccc21. The summed E-state index contributed by atoms with van der Waals surface area (Å²) >= 11 is 0. The molecule has 1 aliphatic carbocycles. The quantitative estimate of drug-likeness (QED) is 0.841. The molecule has 0 bridgehead atoms. The molecule has 1 aliphatic rings. The number of esters is 1. The van der Waals surface area contributed by atoms with E-state index in [1.807, 2.05) is 12.1 Å². The second kappa shape index (κ2) is 5.61. The number of carbonyl (C=O) groups excluding carboxylic acids is 1. The van der Waals surface area contributed by atoms with Crippen LogP contribution in [0.5, 0.6) is 5.75 Å². The third-order valence-electron chi connectivity index (χ3n) is 4.09. The zero-order chi connectivity index (χ0) is 13.9. The molecule has 0 radical (unpaired) electrons. The molecule has 0 amide bonds. The number of carbonyl (C=O) groups is 1. The first kappa shape index (κ1) is 13.9. The molecular formula is C15H21NO3. The van der Waals surface area contributed by atoms with Gasteiger partial charge in [0, 0.05) is 12.0 Å². The second-order valence-electron chi connectivity index (χ2n) is 5.11. The number of aryl methyl sites for hydroxylation is 1. The van der Waals surface area contributed by atoms with Gasteiger partial charge in [0.1, 0.15) is 5.75 Å². The van der Waals surface area contributed by atoms with Crippen LogP contribution in [0.1, 0.15) is 30.4 Å². The minimum Gasteiger partial charge on any atom is -0.497 e. The summed E-state index contributed by atoms with van der Waals surface area (Å²) in [7, 11) is 3.08. The summed E-state index contributed by atoms with van der Waals surface area (Å²) in [6.07, 6.45) is 3.32. The maximum atomic E-state index is 11.7. The predicted octanol–water partition coefficient (Wildman–Crippen LogP) is 1.79. The average molecular weight is 263 g/mol. The van der Waals surface area contributed by atoms with Gasteiger partial charge in [0.2, 0.25) is 0 Å². The van der Waals surface area contributed by atoms with Gasteiger partial charge in [0.05, 0.1) is 20.6 Å². The Labute approximate surface area is 113 Å². The molecule has 0 aromatic heterocycles. The Hall–Kier alpha value is -1.55. The van der Waals surface area contributed by atoms with Crippen LogP contribution in [0, 0.1) is 0 Å². The van der Waals surface area contributed by atoms with Crippen LogP contribution in [0.2, 0.25) is 0 Å². The normalized spacial score (nSPS) is 21.6. The summed E-state index contributed by atoms with van der Waals surface area (Å²) in [5.74, 6) is 0.652. The summed E-state index contributed by atoms with van der Waals surface area (Å²) in [6.45, 7) is 0.460. The van der Waals surface area contributed by atoms with Crippen LogP contribution in [0.25, 0.3) is 0 Å². The van der Waals surface area contributed by atoms with Crippen LogP contribution >= 0.6 is 0 Å². The number of nitrogens with two attached hydrogens (primary N) is 1. The zero-order valence-electron chi connectivity index (χ0n) is 11.6. The summed E-state index contributed by atoms with van der Waals surface area (Å²) in [5, 5.41) is 0. The molecule has 1 unspecified atom stereocenters. The average Bonchev–Trinajstić information content (AvgIpc) is 2.46. The van der Waals surface area contributed by atoms with Gasteiger partial charge in [0.15, 0.2) is 0 Å². The molecule has 1 aromatic rings. The lowest BCUT2D eigenvalue weighted by Gasteiger charge is -2.37. The number of methoxy groups -OCH3 is 2. The molecule has 0 aliphatic heterocycles. The first-order valence-electron chi connectivity index (χ1n) is 6.59. The fourth-order valence-electron chi connectivity index (χ4n) is 2.99. The zero-order valence-corrected chi connectivity index (χ0v) is 11.6. The van der Waals surface area contributed by atoms with Crippen LogP contribution in [-0.4, -0.2) is 26.7 Å². The standard InChI is InChI=1S/C15H21NO3/c1-18-12-5-6-13-11(8-12)4-3-7-15(13,10-16)9-14(17)19-2/h5-6,8H,3-4,7,9-10,16H2,1-2H3. The molecule has 0 fully saturated rings. The third-order valence-corrected chi connectivity index (χ3v) is 4.09. The summed E-state index contributed by atoms with van der Waals surface area (Å²) in [6, 6.07) is 6.03. The predicted molar refractivity (Wildman–Crippen MR) is 73.3 cm³/mol. The first-order valence-corrected chi connectivity index (χ1v) is 6.59. The van der Waals surface area contributed by atoms with Crippen molar-refractivity contribution >= 4 is 5.97 Å². The minimum atomic E-state index is -0.285. The summed E-state index contributed by atoms with van der Waals surface area (Å²) < 4.78 is 10.1. The molecule has 0 saturated carbocycles. The van der Waals surface area contributed by atoms with E-state index in [4.69, 9.17) is 15.2 Å². The number of hydrogen-bond donors (Lipinski definition) is 1. The van der Waals surface area contributed by atoms with Gasteiger partial charge in [-0.3, -0.25) is 4.79 Å². The highest BCUT2D eigenvalue weighted by Crippen LogP contribution is 2.40. The van der Waals surface area contributed by atoms with E-state index in [1.54, 1.807) is 7.11 Å². The van der Waals surface area contributed by atoms with Crippen molar-refractivity contribution in [1.82, 2.24) is 0 Å². The molecule has 1 aromatic carbocycles. The molecule has 4 nitrogen and oxygen atoms in total. The second-order valence-corrected chi connectivity index (χ2v) is 5.11. The molecule has 0 spiro atoms. The fourth-order valence-corrected chi connectivity index (χ4v) is 2.99. The van der Waals surface area contributed by atoms with Crippen LogP contribution in [0.3, 0.4) is 0 Å². The molecule has 0 saturated heterocycles. The van der Waals surface area contributed by atoms with E-state index in [9.17, 15) is 4.79 Å². The van der Waals surface area contributed by atoms with Crippen LogP contribution in [0.15, 0.2) is 18.2 Å². The van der Waals surface area contributed by atoms with E-state index in [0.717, 1.165) is 25.0 Å². The van der Waals surface area contributed by atoms with E-state index in [-0.39, 0.29) is 11.4 Å². The first-order chi connectivity index (χ1) is 9.15. The number of fused-ring (bicyclic) bond motifs is 1. The number of ether oxygens (including phenoxy) is 2. The van der Waals surface area contributed by atoms with Crippen LogP contribution < -0.4 is 10.5 Å². The number of hydrogen-bond acceptors (Lipinski definition) is 4. The molecule has 2 rings (SSSR count). The van der Waals surface area contributed by atoms with Gasteiger partial charge >= 0.3 is 5.97 Å². The van der Waals surface area contributed by atoms with Crippen molar-refractivity contribution in [1.29, 1.82) is 0 Å². The minimum absolute atomic E-state index is 0.200. The van der Waals surface area contributed by atoms with E-state index < -0.39 is 0 Å². The highest BCUT2D eigenvalue weighted by molar-refractivity contribution is 5.72. The van der Waals surface area contributed by atoms with Crippen molar-refractivity contribution in [3.8, 4) is 5.75 Å². The van der Waals surface area contributed by atoms with E-state index in [2.05, 4.69) is 6.07 Å². The molecule has 2 N–H and O–H groups in total.